The number of benzene rings is 2. The molecular formula is C20H23N5O. The topological polar surface area (TPSA) is 95.8 Å². The van der Waals surface area contributed by atoms with Crippen molar-refractivity contribution >= 4 is 23.4 Å². The van der Waals surface area contributed by atoms with Crippen LogP contribution in [0, 0.1) is 0 Å². The summed E-state index contributed by atoms with van der Waals surface area (Å²) in [5.74, 6) is 0.356. The zero-order chi connectivity index (χ0) is 18.7. The molecule has 0 aliphatic carbocycles. The van der Waals surface area contributed by atoms with Crippen LogP contribution in [0.5, 0.6) is 0 Å². The number of hydrogen-bond acceptors (Lipinski definition) is 3. The van der Waals surface area contributed by atoms with Gasteiger partial charge < -0.3 is 21.4 Å². The van der Waals surface area contributed by atoms with Gasteiger partial charge in [-0.15, -0.1) is 0 Å². The normalized spacial score (nSPS) is 11.2. The predicted molar refractivity (Wildman–Crippen MR) is 106 cm³/mol. The third-order valence-corrected chi connectivity index (χ3v) is 4.04. The highest BCUT2D eigenvalue weighted by molar-refractivity contribution is 6.00. The molecule has 6 nitrogen and oxygen atoms in total. The highest BCUT2D eigenvalue weighted by Gasteiger charge is 2.13. The van der Waals surface area contributed by atoms with Gasteiger partial charge in [-0.1, -0.05) is 45.0 Å². The Bertz CT molecular complexity index is 906. The van der Waals surface area contributed by atoms with Gasteiger partial charge in [0.2, 0.25) is 0 Å². The van der Waals surface area contributed by atoms with E-state index >= 15 is 0 Å². The molecule has 2 aromatic carbocycles. The van der Waals surface area contributed by atoms with Crippen LogP contribution in [0.3, 0.4) is 0 Å². The minimum Gasteiger partial charge on any atom is -0.369 e. The Labute approximate surface area is 152 Å². The van der Waals surface area contributed by atoms with Gasteiger partial charge in [0, 0.05) is 16.9 Å². The van der Waals surface area contributed by atoms with Crippen LogP contribution < -0.4 is 16.4 Å². The molecule has 0 aliphatic rings. The van der Waals surface area contributed by atoms with E-state index in [2.05, 4.69) is 41.4 Å². The zero-order valence-corrected chi connectivity index (χ0v) is 15.1. The average Bonchev–Trinajstić information content (AvgIpc) is 3.01. The molecule has 6 heteroatoms. The molecule has 0 spiro atoms. The number of nitrogens with two attached hydrogens (primary N) is 1. The number of nitrogen functional groups attached to an aromatic ring is 1. The summed E-state index contributed by atoms with van der Waals surface area (Å²) in [6.07, 6.45) is 1.66. The number of aromatic nitrogens is 2. The molecule has 26 heavy (non-hydrogen) atoms. The average molecular weight is 349 g/mol. The van der Waals surface area contributed by atoms with Gasteiger partial charge in [-0.3, -0.25) is 0 Å². The van der Waals surface area contributed by atoms with E-state index in [0.717, 1.165) is 16.9 Å². The highest BCUT2D eigenvalue weighted by atomic mass is 16.2. The van der Waals surface area contributed by atoms with Gasteiger partial charge in [0.1, 0.15) is 0 Å². The van der Waals surface area contributed by atoms with Crippen molar-refractivity contribution in [3.63, 3.8) is 0 Å². The first-order valence-corrected chi connectivity index (χ1v) is 8.41. The fourth-order valence-corrected chi connectivity index (χ4v) is 2.59. The number of imidazole rings is 1. The summed E-state index contributed by atoms with van der Waals surface area (Å²) < 4.78 is 0. The summed E-state index contributed by atoms with van der Waals surface area (Å²) in [6, 6.07) is 15.0. The van der Waals surface area contributed by atoms with E-state index in [-0.39, 0.29) is 11.4 Å². The van der Waals surface area contributed by atoms with Gasteiger partial charge in [-0.2, -0.15) is 0 Å². The van der Waals surface area contributed by atoms with Crippen molar-refractivity contribution < 1.29 is 4.79 Å². The third kappa shape index (κ3) is 4.22. The van der Waals surface area contributed by atoms with Crippen molar-refractivity contribution in [3.05, 3.63) is 60.3 Å². The first-order valence-electron chi connectivity index (χ1n) is 8.41. The predicted octanol–water partition coefficient (Wildman–Crippen LogP) is 4.60. The molecular weight excluding hydrogens is 326 g/mol. The molecule has 0 unspecified atom stereocenters. The first-order chi connectivity index (χ1) is 12.3. The van der Waals surface area contributed by atoms with E-state index in [9.17, 15) is 4.79 Å². The molecule has 2 amide bonds. The van der Waals surface area contributed by atoms with Crippen molar-refractivity contribution in [2.24, 2.45) is 0 Å². The lowest BCUT2D eigenvalue weighted by Crippen LogP contribution is -2.19. The number of nitrogens with one attached hydrogen (secondary N) is 3. The summed E-state index contributed by atoms with van der Waals surface area (Å²) in [5, 5.41) is 5.68. The number of aromatic amines is 1. The van der Waals surface area contributed by atoms with E-state index in [4.69, 9.17) is 5.73 Å². The summed E-state index contributed by atoms with van der Waals surface area (Å²) >= 11 is 0. The van der Waals surface area contributed by atoms with E-state index in [1.165, 1.54) is 5.56 Å². The smallest absolute Gasteiger partial charge is 0.323 e. The Morgan fingerprint density at radius 1 is 1.04 bits per heavy atom. The van der Waals surface area contributed by atoms with Gasteiger partial charge in [0.15, 0.2) is 5.95 Å². The van der Waals surface area contributed by atoms with Gasteiger partial charge in [-0.05, 0) is 35.2 Å². The lowest BCUT2D eigenvalue weighted by atomic mass is 9.87. The summed E-state index contributed by atoms with van der Waals surface area (Å²) in [4.78, 5) is 19.2. The summed E-state index contributed by atoms with van der Waals surface area (Å²) in [6.45, 7) is 6.47. The zero-order valence-electron chi connectivity index (χ0n) is 15.1. The molecule has 134 valence electrons. The van der Waals surface area contributed by atoms with Crippen LogP contribution in [0.25, 0.3) is 11.3 Å². The SMILES string of the molecule is CC(C)(C)c1ccc(NC(=O)Nc2cccc(-c3cnc(N)[nH]3)c2)cc1. The molecule has 0 fully saturated rings. The van der Waals surface area contributed by atoms with Crippen LogP contribution in [-0.2, 0) is 5.41 Å². The molecule has 1 aromatic heterocycles. The number of amides is 2. The Balaban J connectivity index is 1.67. The number of H-pyrrole nitrogens is 1. The maximum atomic E-state index is 12.3. The molecule has 0 bridgehead atoms. The summed E-state index contributed by atoms with van der Waals surface area (Å²) in [7, 11) is 0. The monoisotopic (exact) mass is 349 g/mol. The van der Waals surface area contributed by atoms with Crippen molar-refractivity contribution in [2.45, 2.75) is 26.2 Å². The number of urea groups is 1. The number of carbonyl (C=O) groups is 1. The first kappa shape index (κ1) is 17.5. The molecule has 5 N–H and O–H groups in total. The van der Waals surface area contributed by atoms with Crippen molar-refractivity contribution in [1.82, 2.24) is 9.97 Å². The number of hydrogen-bond donors (Lipinski definition) is 4. The molecule has 0 saturated heterocycles. The Hall–Kier alpha value is -3.28. The molecule has 3 rings (SSSR count). The Morgan fingerprint density at radius 2 is 1.73 bits per heavy atom. The third-order valence-electron chi connectivity index (χ3n) is 4.04. The quantitative estimate of drug-likeness (QED) is 0.556. The standard InChI is InChI=1S/C20H23N5O/c1-20(2,3)14-7-9-15(10-8-14)23-19(26)24-16-6-4-5-13(11-16)17-12-22-18(21)25-17/h4-12H,1-3H3,(H3,21,22,25)(H2,23,24,26). The fraction of sp³-hybridized carbons (Fsp3) is 0.200. The molecule has 0 saturated carbocycles. The second-order valence-electron chi connectivity index (χ2n) is 7.17. The maximum Gasteiger partial charge on any atom is 0.323 e. The van der Waals surface area contributed by atoms with Crippen LogP contribution in [0.15, 0.2) is 54.7 Å². The molecule has 0 radical (unpaired) electrons. The maximum absolute atomic E-state index is 12.3. The van der Waals surface area contributed by atoms with Gasteiger partial charge in [0.05, 0.1) is 11.9 Å². The molecule has 0 atom stereocenters. The summed E-state index contributed by atoms with van der Waals surface area (Å²) in [5.41, 5.74) is 10.0. The van der Waals surface area contributed by atoms with Crippen LogP contribution in [0.1, 0.15) is 26.3 Å². The minimum atomic E-state index is -0.296. The minimum absolute atomic E-state index is 0.0807. The fourth-order valence-electron chi connectivity index (χ4n) is 2.59. The lowest BCUT2D eigenvalue weighted by molar-refractivity contribution is 0.262. The van der Waals surface area contributed by atoms with Gasteiger partial charge in [-0.25, -0.2) is 9.78 Å². The molecule has 1 heterocycles. The molecule has 3 aromatic rings. The van der Waals surface area contributed by atoms with E-state index in [1.54, 1.807) is 6.20 Å². The van der Waals surface area contributed by atoms with Crippen molar-refractivity contribution in [1.29, 1.82) is 0 Å². The van der Waals surface area contributed by atoms with Crippen LogP contribution in [-0.4, -0.2) is 16.0 Å². The van der Waals surface area contributed by atoms with Crippen molar-refractivity contribution in [2.75, 3.05) is 16.4 Å². The van der Waals surface area contributed by atoms with Crippen LogP contribution in [0.2, 0.25) is 0 Å². The Morgan fingerprint density at radius 3 is 2.35 bits per heavy atom. The van der Waals surface area contributed by atoms with E-state index in [0.29, 0.717) is 11.6 Å². The lowest BCUT2D eigenvalue weighted by Gasteiger charge is -2.19. The number of nitrogens with zero attached hydrogens (tertiary/aromatic N) is 1. The van der Waals surface area contributed by atoms with E-state index in [1.807, 2.05) is 48.5 Å². The second kappa shape index (κ2) is 6.92. The highest BCUT2D eigenvalue weighted by Crippen LogP contribution is 2.24. The largest absolute Gasteiger partial charge is 0.369 e. The number of carbonyl (C=O) groups excluding carboxylic acids is 1. The van der Waals surface area contributed by atoms with Gasteiger partial charge in [0.25, 0.3) is 0 Å². The van der Waals surface area contributed by atoms with Gasteiger partial charge >= 0.3 is 6.03 Å². The van der Waals surface area contributed by atoms with Crippen LogP contribution in [0.4, 0.5) is 22.1 Å². The van der Waals surface area contributed by atoms with Crippen LogP contribution >= 0.6 is 0 Å². The van der Waals surface area contributed by atoms with Crippen molar-refractivity contribution in [3.8, 4) is 11.3 Å². The Kier molecular flexibility index (Phi) is 4.67. The number of rotatable bonds is 3. The number of anilines is 3. The van der Waals surface area contributed by atoms with E-state index < -0.39 is 0 Å². The molecule has 0 aliphatic heterocycles. The second-order valence-corrected chi connectivity index (χ2v) is 7.17.